The van der Waals surface area contributed by atoms with Crippen LogP contribution in [-0.2, 0) is 16.1 Å². The van der Waals surface area contributed by atoms with Gasteiger partial charge >= 0.3 is 0 Å². The summed E-state index contributed by atoms with van der Waals surface area (Å²) in [5, 5.41) is 0. The number of ether oxygens (including phenoxy) is 2. The maximum atomic E-state index is 13.6. The third kappa shape index (κ3) is 4.47. The molecule has 0 aliphatic heterocycles. The molecule has 2 N–H and O–H groups in total. The van der Waals surface area contributed by atoms with E-state index in [1.165, 1.54) is 24.1 Å². The molecule has 0 aliphatic rings. The zero-order chi connectivity index (χ0) is 15.1. The molecule has 1 aromatic rings. The average molecular weight is 284 g/mol. The molecule has 112 valence electrons. The van der Waals surface area contributed by atoms with E-state index in [4.69, 9.17) is 15.2 Å². The van der Waals surface area contributed by atoms with E-state index in [1.54, 1.807) is 20.2 Å². The molecule has 0 fully saturated rings. The fourth-order valence-electron chi connectivity index (χ4n) is 1.81. The highest BCUT2D eigenvalue weighted by Gasteiger charge is 2.18. The summed E-state index contributed by atoms with van der Waals surface area (Å²) in [4.78, 5) is 13.5. The average Bonchev–Trinajstić information content (AvgIpc) is 2.44. The molecule has 0 heterocycles. The van der Waals surface area contributed by atoms with Crippen molar-refractivity contribution in [3.05, 3.63) is 29.6 Å². The summed E-state index contributed by atoms with van der Waals surface area (Å²) in [6.45, 7) is 0.721. The lowest BCUT2D eigenvalue weighted by Gasteiger charge is -2.21. The van der Waals surface area contributed by atoms with Gasteiger partial charge in [-0.05, 0) is 24.1 Å². The molecule has 0 bridgehead atoms. The van der Waals surface area contributed by atoms with E-state index in [1.807, 2.05) is 0 Å². The van der Waals surface area contributed by atoms with Gasteiger partial charge in [-0.1, -0.05) is 6.07 Å². The quantitative estimate of drug-likeness (QED) is 0.816. The third-order valence-electron chi connectivity index (χ3n) is 2.96. The maximum Gasteiger partial charge on any atom is 0.239 e. The van der Waals surface area contributed by atoms with Crippen LogP contribution >= 0.6 is 0 Å². The van der Waals surface area contributed by atoms with Crippen LogP contribution in [0.2, 0.25) is 0 Å². The molecule has 1 rings (SSSR count). The zero-order valence-corrected chi connectivity index (χ0v) is 12.1. The van der Waals surface area contributed by atoms with Gasteiger partial charge in [0, 0.05) is 27.3 Å². The van der Waals surface area contributed by atoms with Crippen LogP contribution in [0.1, 0.15) is 12.0 Å². The fourth-order valence-corrected chi connectivity index (χ4v) is 1.81. The highest BCUT2D eigenvalue weighted by Crippen LogP contribution is 2.18. The van der Waals surface area contributed by atoms with Gasteiger partial charge in [-0.15, -0.1) is 0 Å². The second-order valence-electron chi connectivity index (χ2n) is 4.55. The number of nitrogens with two attached hydrogens (primary N) is 1. The molecule has 1 unspecified atom stereocenters. The van der Waals surface area contributed by atoms with E-state index in [0.29, 0.717) is 25.1 Å². The van der Waals surface area contributed by atoms with E-state index >= 15 is 0 Å². The molecule has 5 nitrogen and oxygen atoms in total. The normalized spacial score (nSPS) is 12.1. The van der Waals surface area contributed by atoms with E-state index in [-0.39, 0.29) is 11.7 Å². The molecule has 0 aliphatic carbocycles. The van der Waals surface area contributed by atoms with Crippen LogP contribution in [0.25, 0.3) is 0 Å². The predicted octanol–water partition coefficient (Wildman–Crippen LogP) is 1.16. The summed E-state index contributed by atoms with van der Waals surface area (Å²) in [6.07, 6.45) is 0.455. The molecular weight excluding hydrogens is 263 g/mol. The highest BCUT2D eigenvalue weighted by molar-refractivity contribution is 5.81. The zero-order valence-electron chi connectivity index (χ0n) is 12.1. The van der Waals surface area contributed by atoms with Gasteiger partial charge in [0.05, 0.1) is 13.2 Å². The Labute approximate surface area is 118 Å². The molecule has 0 aromatic heterocycles. The lowest BCUT2D eigenvalue weighted by atomic mass is 10.1. The number of hydrogen-bond donors (Lipinski definition) is 1. The van der Waals surface area contributed by atoms with Crippen molar-refractivity contribution in [1.82, 2.24) is 4.90 Å². The van der Waals surface area contributed by atoms with Gasteiger partial charge in [-0.3, -0.25) is 4.79 Å². The number of likely N-dealkylation sites (N-methyl/N-ethyl adjacent to an activating group) is 1. The summed E-state index contributed by atoms with van der Waals surface area (Å²) in [5.74, 6) is -0.465. The van der Waals surface area contributed by atoms with Crippen molar-refractivity contribution in [3.8, 4) is 5.75 Å². The van der Waals surface area contributed by atoms with Crippen LogP contribution in [-0.4, -0.2) is 44.7 Å². The Kier molecular flexibility index (Phi) is 6.41. The second-order valence-corrected chi connectivity index (χ2v) is 4.55. The van der Waals surface area contributed by atoms with Crippen molar-refractivity contribution in [1.29, 1.82) is 0 Å². The number of halogens is 1. The standard InChI is InChI=1S/C14H21FN2O3/c1-17(14(18)12(16)6-7-19-2)9-10-4-5-13(20-3)11(15)8-10/h4-5,8,12H,6-7,9,16H2,1-3H3. The lowest BCUT2D eigenvalue weighted by Crippen LogP contribution is -2.42. The molecule has 20 heavy (non-hydrogen) atoms. The first-order chi connectivity index (χ1) is 9.49. The van der Waals surface area contributed by atoms with Gasteiger partial charge < -0.3 is 20.1 Å². The molecule has 0 saturated heterocycles. The van der Waals surface area contributed by atoms with Crippen molar-refractivity contribution in [2.45, 2.75) is 19.0 Å². The van der Waals surface area contributed by atoms with Crippen LogP contribution < -0.4 is 10.5 Å². The van der Waals surface area contributed by atoms with E-state index < -0.39 is 11.9 Å². The summed E-state index contributed by atoms with van der Waals surface area (Å²) in [6, 6.07) is 3.99. The molecular formula is C14H21FN2O3. The van der Waals surface area contributed by atoms with Crippen molar-refractivity contribution in [3.63, 3.8) is 0 Å². The molecule has 0 spiro atoms. The van der Waals surface area contributed by atoms with Crippen LogP contribution in [0, 0.1) is 5.82 Å². The Hall–Kier alpha value is -1.66. The van der Waals surface area contributed by atoms with Crippen molar-refractivity contribution >= 4 is 5.91 Å². The molecule has 1 aromatic carbocycles. The monoisotopic (exact) mass is 284 g/mol. The molecule has 1 atom stereocenters. The van der Waals surface area contributed by atoms with Gasteiger partial charge in [0.2, 0.25) is 5.91 Å². The van der Waals surface area contributed by atoms with Crippen LogP contribution in [0.3, 0.4) is 0 Å². The summed E-state index contributed by atoms with van der Waals surface area (Å²) in [7, 11) is 4.60. The molecule has 1 amide bonds. The molecule has 0 radical (unpaired) electrons. The predicted molar refractivity (Wildman–Crippen MR) is 73.9 cm³/mol. The minimum atomic E-state index is -0.608. The van der Waals surface area contributed by atoms with Crippen molar-refractivity contribution in [2.24, 2.45) is 5.73 Å². The minimum Gasteiger partial charge on any atom is -0.494 e. The van der Waals surface area contributed by atoms with E-state index in [9.17, 15) is 9.18 Å². The van der Waals surface area contributed by atoms with E-state index in [2.05, 4.69) is 0 Å². The van der Waals surface area contributed by atoms with Crippen molar-refractivity contribution < 1.29 is 18.7 Å². The number of carbonyl (C=O) groups is 1. The largest absolute Gasteiger partial charge is 0.494 e. The first kappa shape index (κ1) is 16.4. The van der Waals surface area contributed by atoms with Gasteiger partial charge in [0.1, 0.15) is 0 Å². The smallest absolute Gasteiger partial charge is 0.239 e. The van der Waals surface area contributed by atoms with Crippen LogP contribution in [0.5, 0.6) is 5.75 Å². The summed E-state index contributed by atoms with van der Waals surface area (Å²) < 4.78 is 23.3. The summed E-state index contributed by atoms with van der Waals surface area (Å²) >= 11 is 0. The molecule has 6 heteroatoms. The Bertz CT molecular complexity index is 454. The fraction of sp³-hybridized carbons (Fsp3) is 0.500. The topological polar surface area (TPSA) is 64.8 Å². The minimum absolute atomic E-state index is 0.180. The Morgan fingerprint density at radius 2 is 2.15 bits per heavy atom. The number of carbonyl (C=O) groups excluding carboxylic acids is 1. The van der Waals surface area contributed by atoms with Gasteiger partial charge in [0.15, 0.2) is 11.6 Å². The van der Waals surface area contributed by atoms with Crippen molar-refractivity contribution in [2.75, 3.05) is 27.9 Å². The number of amides is 1. The first-order valence-electron chi connectivity index (χ1n) is 6.31. The molecule has 0 saturated carbocycles. The van der Waals surface area contributed by atoms with Crippen LogP contribution in [0.4, 0.5) is 4.39 Å². The SMILES string of the molecule is COCCC(N)C(=O)N(C)Cc1ccc(OC)c(F)c1. The maximum absolute atomic E-state index is 13.6. The highest BCUT2D eigenvalue weighted by atomic mass is 19.1. The lowest BCUT2D eigenvalue weighted by molar-refractivity contribution is -0.132. The Morgan fingerprint density at radius 3 is 2.70 bits per heavy atom. The van der Waals surface area contributed by atoms with Gasteiger partial charge in [0.25, 0.3) is 0 Å². The number of nitrogens with zero attached hydrogens (tertiary/aromatic N) is 1. The number of rotatable bonds is 7. The second kappa shape index (κ2) is 7.81. The Morgan fingerprint density at radius 1 is 1.45 bits per heavy atom. The summed E-state index contributed by atoms with van der Waals surface area (Å²) in [5.41, 5.74) is 6.45. The first-order valence-corrected chi connectivity index (χ1v) is 6.31. The number of methoxy groups -OCH3 is 2. The number of hydrogen-bond acceptors (Lipinski definition) is 4. The Balaban J connectivity index is 2.63. The van der Waals surface area contributed by atoms with E-state index in [0.717, 1.165) is 0 Å². The number of benzene rings is 1. The van der Waals surface area contributed by atoms with Crippen LogP contribution in [0.15, 0.2) is 18.2 Å². The third-order valence-corrected chi connectivity index (χ3v) is 2.96. The van der Waals surface area contributed by atoms with Gasteiger partial charge in [-0.25, -0.2) is 4.39 Å². The van der Waals surface area contributed by atoms with Gasteiger partial charge in [-0.2, -0.15) is 0 Å².